The van der Waals surface area contributed by atoms with Crippen molar-refractivity contribution in [3.05, 3.63) is 65.9 Å². The highest BCUT2D eigenvalue weighted by Gasteiger charge is 2.23. The summed E-state index contributed by atoms with van der Waals surface area (Å²) in [6, 6.07) is 20.4. The highest BCUT2D eigenvalue weighted by Crippen LogP contribution is 2.47. The smallest absolute Gasteiger partial charge is 0.225 e. The van der Waals surface area contributed by atoms with Gasteiger partial charge in [0.15, 0.2) is 5.65 Å². The van der Waals surface area contributed by atoms with E-state index in [1.165, 1.54) is 4.90 Å². The van der Waals surface area contributed by atoms with Crippen molar-refractivity contribution >= 4 is 34.4 Å². The molecule has 0 N–H and O–H groups in total. The van der Waals surface area contributed by atoms with Gasteiger partial charge in [-0.1, -0.05) is 60.3 Å². The molecule has 0 saturated heterocycles. The first-order valence-electron chi connectivity index (χ1n) is 7.50. The lowest BCUT2D eigenvalue weighted by atomic mass is 10.1. The van der Waals surface area contributed by atoms with Gasteiger partial charge < -0.3 is 0 Å². The molecule has 5 heteroatoms. The fraction of sp³-hybridized carbons (Fsp3) is 0. The molecule has 0 spiro atoms. The Bertz CT molecular complexity index is 1100. The molecule has 5 rings (SSSR count). The van der Waals surface area contributed by atoms with Gasteiger partial charge >= 0.3 is 0 Å². The van der Waals surface area contributed by atoms with Crippen molar-refractivity contribution in [1.29, 1.82) is 0 Å². The van der Waals surface area contributed by atoms with E-state index in [2.05, 4.69) is 28.2 Å². The second-order valence-corrected chi connectivity index (χ2v) is 6.93. The molecular weight excluding hydrogens is 338 g/mol. The molecule has 114 valence electrons. The Morgan fingerprint density at radius 1 is 0.792 bits per heavy atom. The third-order valence-corrected chi connectivity index (χ3v) is 5.32. The second-order valence-electron chi connectivity index (χ2n) is 5.51. The van der Waals surface area contributed by atoms with Crippen LogP contribution in [0.2, 0.25) is 5.28 Å². The SMILES string of the molecule is Clc1nc2c3c(cc(-c4ccccc4)nc3n1)Sc1ccccc1-2. The van der Waals surface area contributed by atoms with E-state index in [4.69, 9.17) is 16.6 Å². The monoisotopic (exact) mass is 347 g/mol. The van der Waals surface area contributed by atoms with Gasteiger partial charge in [0.25, 0.3) is 0 Å². The fourth-order valence-corrected chi connectivity index (χ4v) is 4.26. The van der Waals surface area contributed by atoms with Gasteiger partial charge in [-0.2, -0.15) is 4.98 Å². The Labute approximate surface area is 147 Å². The largest absolute Gasteiger partial charge is 0.228 e. The highest BCUT2D eigenvalue weighted by atomic mass is 35.5. The molecule has 3 nitrogen and oxygen atoms in total. The Kier molecular flexibility index (Phi) is 3.08. The molecule has 0 bridgehead atoms. The van der Waals surface area contributed by atoms with E-state index in [-0.39, 0.29) is 5.28 Å². The van der Waals surface area contributed by atoms with Crippen LogP contribution in [0.1, 0.15) is 0 Å². The summed E-state index contributed by atoms with van der Waals surface area (Å²) in [5.74, 6) is 0. The first-order chi connectivity index (χ1) is 11.8. The van der Waals surface area contributed by atoms with Crippen molar-refractivity contribution in [3.8, 4) is 22.5 Å². The number of fused-ring (bicyclic) bond motifs is 2. The summed E-state index contributed by atoms with van der Waals surface area (Å²) in [6.07, 6.45) is 0. The van der Waals surface area contributed by atoms with Crippen LogP contribution in [0, 0.1) is 0 Å². The van der Waals surface area contributed by atoms with Crippen molar-refractivity contribution < 1.29 is 0 Å². The third kappa shape index (κ3) is 2.11. The summed E-state index contributed by atoms with van der Waals surface area (Å²) in [7, 11) is 0. The number of aromatic nitrogens is 3. The summed E-state index contributed by atoms with van der Waals surface area (Å²) >= 11 is 7.90. The third-order valence-electron chi connectivity index (χ3n) is 4.03. The summed E-state index contributed by atoms with van der Waals surface area (Å²) in [5.41, 5.74) is 4.54. The molecule has 24 heavy (non-hydrogen) atoms. The first-order valence-corrected chi connectivity index (χ1v) is 8.70. The first kappa shape index (κ1) is 14.0. The Balaban J connectivity index is 1.86. The quantitative estimate of drug-likeness (QED) is 0.376. The lowest BCUT2D eigenvalue weighted by Gasteiger charge is -2.19. The van der Waals surface area contributed by atoms with Crippen LogP contribution in [0.25, 0.3) is 33.5 Å². The number of hydrogen-bond donors (Lipinski definition) is 0. The van der Waals surface area contributed by atoms with Crippen LogP contribution >= 0.6 is 23.4 Å². The summed E-state index contributed by atoms with van der Waals surface area (Å²) in [5, 5.41) is 1.20. The van der Waals surface area contributed by atoms with Crippen molar-refractivity contribution in [2.75, 3.05) is 0 Å². The van der Waals surface area contributed by atoms with Gasteiger partial charge in [0.05, 0.1) is 16.8 Å². The van der Waals surface area contributed by atoms with E-state index in [1.807, 2.05) is 42.5 Å². The zero-order chi connectivity index (χ0) is 16.1. The average molecular weight is 348 g/mol. The molecule has 1 aliphatic rings. The lowest BCUT2D eigenvalue weighted by Crippen LogP contribution is -2.01. The van der Waals surface area contributed by atoms with Gasteiger partial charge in [-0.25, -0.2) is 9.97 Å². The average Bonchev–Trinajstić information content (AvgIpc) is 2.62. The maximum Gasteiger partial charge on any atom is 0.225 e. The second kappa shape index (κ2) is 5.30. The standard InChI is InChI=1S/C19H10ClN3S/c20-19-22-17-12-8-4-5-9-14(12)24-15-10-13(11-6-2-1-3-7-11)21-18(23-19)16(15)17/h1-10H. The van der Waals surface area contributed by atoms with Gasteiger partial charge in [0.1, 0.15) is 0 Å². The lowest BCUT2D eigenvalue weighted by molar-refractivity contribution is 1.15. The maximum absolute atomic E-state index is 6.17. The number of rotatable bonds is 1. The fourth-order valence-electron chi connectivity index (χ4n) is 2.97. The topological polar surface area (TPSA) is 38.7 Å². The number of hydrogen-bond acceptors (Lipinski definition) is 4. The van der Waals surface area contributed by atoms with E-state index < -0.39 is 0 Å². The molecule has 0 aliphatic carbocycles. The number of benzene rings is 2. The molecule has 0 atom stereocenters. The van der Waals surface area contributed by atoms with Gasteiger partial charge in [-0.05, 0) is 23.7 Å². The molecule has 2 aromatic carbocycles. The van der Waals surface area contributed by atoms with Gasteiger partial charge in [-0.3, -0.25) is 0 Å². The molecule has 4 aromatic rings. The van der Waals surface area contributed by atoms with Crippen LogP contribution in [-0.2, 0) is 0 Å². The van der Waals surface area contributed by atoms with Gasteiger partial charge in [0.2, 0.25) is 5.28 Å². The van der Waals surface area contributed by atoms with Crippen LogP contribution in [0.5, 0.6) is 0 Å². The number of halogens is 1. The maximum atomic E-state index is 6.17. The predicted octanol–water partition coefficient (Wildman–Crippen LogP) is 5.48. The molecule has 0 unspecified atom stereocenters. The number of pyridine rings is 1. The van der Waals surface area contributed by atoms with Crippen LogP contribution in [-0.4, -0.2) is 15.0 Å². The Morgan fingerprint density at radius 2 is 1.58 bits per heavy atom. The minimum absolute atomic E-state index is 0.225. The molecule has 0 radical (unpaired) electrons. The normalized spacial score (nSPS) is 12.2. The molecule has 2 aromatic heterocycles. The summed E-state index contributed by atoms with van der Waals surface area (Å²) in [4.78, 5) is 15.9. The van der Waals surface area contributed by atoms with E-state index in [1.54, 1.807) is 11.8 Å². The van der Waals surface area contributed by atoms with E-state index in [9.17, 15) is 0 Å². The Hall–Kier alpha value is -2.43. The van der Waals surface area contributed by atoms with E-state index >= 15 is 0 Å². The summed E-state index contributed by atoms with van der Waals surface area (Å²) in [6.45, 7) is 0. The minimum atomic E-state index is 0.225. The molecule has 1 aliphatic heterocycles. The molecule has 0 saturated carbocycles. The molecular formula is C19H10ClN3S. The van der Waals surface area contributed by atoms with Crippen LogP contribution < -0.4 is 0 Å². The van der Waals surface area contributed by atoms with Crippen molar-refractivity contribution in [2.45, 2.75) is 9.79 Å². The zero-order valence-corrected chi connectivity index (χ0v) is 14.0. The van der Waals surface area contributed by atoms with Crippen molar-refractivity contribution in [3.63, 3.8) is 0 Å². The van der Waals surface area contributed by atoms with Crippen LogP contribution in [0.4, 0.5) is 0 Å². The zero-order valence-electron chi connectivity index (χ0n) is 12.4. The van der Waals surface area contributed by atoms with Crippen LogP contribution in [0.3, 0.4) is 0 Å². The minimum Gasteiger partial charge on any atom is -0.228 e. The number of nitrogens with zero attached hydrogens (tertiary/aromatic N) is 3. The Morgan fingerprint density at radius 3 is 2.46 bits per heavy atom. The van der Waals surface area contributed by atoms with Crippen molar-refractivity contribution in [2.24, 2.45) is 0 Å². The molecule has 0 amide bonds. The van der Waals surface area contributed by atoms with E-state index in [0.717, 1.165) is 32.8 Å². The van der Waals surface area contributed by atoms with Gasteiger partial charge in [-0.15, -0.1) is 0 Å². The molecule has 3 heterocycles. The van der Waals surface area contributed by atoms with Gasteiger partial charge in [0, 0.05) is 20.9 Å². The summed E-state index contributed by atoms with van der Waals surface area (Å²) < 4.78 is 0. The van der Waals surface area contributed by atoms with Crippen molar-refractivity contribution in [1.82, 2.24) is 15.0 Å². The van der Waals surface area contributed by atoms with Crippen LogP contribution in [0.15, 0.2) is 70.5 Å². The predicted molar refractivity (Wildman–Crippen MR) is 97.3 cm³/mol. The highest BCUT2D eigenvalue weighted by molar-refractivity contribution is 7.99. The molecule has 0 fully saturated rings. The van der Waals surface area contributed by atoms with E-state index in [0.29, 0.717) is 5.65 Å².